The molecule has 0 aromatic carbocycles. The first-order valence-corrected chi connectivity index (χ1v) is 10.5. The topological polar surface area (TPSA) is 20.3 Å². The normalized spacial score (nSPS) is 18.6. The Bertz CT molecular complexity index is 267. The number of carbonyl (C=O) groups excluding carboxylic acids is 1. The van der Waals surface area contributed by atoms with E-state index in [9.17, 15) is 4.79 Å². The van der Waals surface area contributed by atoms with Gasteiger partial charge in [-0.15, -0.1) is 0 Å². The summed E-state index contributed by atoms with van der Waals surface area (Å²) in [4.78, 5) is 13.1. The standard InChI is InChI=1S/C21H40NO/c1-2-3-4-5-6-7-8-9-10-11-12-13-14-15-18-22-19-16-17-21(22)20-23/h21H,2-19H2,1H3/t21-/m0/s1. The predicted octanol–water partition coefficient (Wildman–Crippen LogP) is 6.04. The van der Waals surface area contributed by atoms with E-state index in [2.05, 4.69) is 18.1 Å². The van der Waals surface area contributed by atoms with Gasteiger partial charge in [0, 0.05) is 0 Å². The molecule has 1 heterocycles. The van der Waals surface area contributed by atoms with E-state index in [0.717, 1.165) is 19.5 Å². The minimum Gasteiger partial charge on any atom is -0.293 e. The maximum absolute atomic E-state index is 10.8. The minimum absolute atomic E-state index is 0.108. The highest BCUT2D eigenvalue weighted by molar-refractivity contribution is 5.58. The van der Waals surface area contributed by atoms with E-state index in [0.29, 0.717) is 0 Å². The molecule has 0 N–H and O–H groups in total. The molecule has 0 aliphatic carbocycles. The highest BCUT2D eigenvalue weighted by Crippen LogP contribution is 2.17. The van der Waals surface area contributed by atoms with E-state index in [-0.39, 0.29) is 6.04 Å². The fourth-order valence-electron chi connectivity index (χ4n) is 3.74. The monoisotopic (exact) mass is 322 g/mol. The molecule has 0 spiro atoms. The van der Waals surface area contributed by atoms with Gasteiger partial charge in [0.1, 0.15) is 0 Å². The lowest BCUT2D eigenvalue weighted by molar-refractivity contribution is 0.287. The fourth-order valence-corrected chi connectivity index (χ4v) is 3.74. The number of unbranched alkanes of at least 4 members (excludes halogenated alkanes) is 13. The third kappa shape index (κ3) is 10.9. The van der Waals surface area contributed by atoms with Crippen molar-refractivity contribution in [2.75, 3.05) is 13.1 Å². The van der Waals surface area contributed by atoms with E-state index >= 15 is 0 Å². The van der Waals surface area contributed by atoms with E-state index in [4.69, 9.17) is 0 Å². The molecule has 1 fully saturated rings. The largest absolute Gasteiger partial charge is 0.293 e. The Hall–Kier alpha value is -0.370. The number of likely N-dealkylation sites (tertiary alicyclic amines) is 1. The molecule has 0 saturated carbocycles. The highest BCUT2D eigenvalue weighted by Gasteiger charge is 2.23. The quantitative estimate of drug-likeness (QED) is 0.323. The number of hydrogen-bond donors (Lipinski definition) is 0. The number of rotatable bonds is 16. The molecule has 1 atom stereocenters. The smallest absolute Gasteiger partial charge is 0.217 e. The summed E-state index contributed by atoms with van der Waals surface area (Å²) in [5.41, 5.74) is 0. The van der Waals surface area contributed by atoms with Crippen molar-refractivity contribution in [2.24, 2.45) is 0 Å². The van der Waals surface area contributed by atoms with E-state index in [1.807, 2.05) is 0 Å². The molecule has 2 heteroatoms. The molecular formula is C21H40NO. The van der Waals surface area contributed by atoms with E-state index in [1.54, 1.807) is 0 Å². The van der Waals surface area contributed by atoms with Crippen molar-refractivity contribution in [2.45, 2.75) is 116 Å². The van der Waals surface area contributed by atoms with Crippen molar-refractivity contribution < 1.29 is 4.79 Å². The van der Waals surface area contributed by atoms with Gasteiger partial charge < -0.3 is 0 Å². The molecule has 0 amide bonds. The first kappa shape index (κ1) is 20.7. The Morgan fingerprint density at radius 1 is 0.783 bits per heavy atom. The van der Waals surface area contributed by atoms with Crippen LogP contribution in [0.1, 0.15) is 110 Å². The molecule has 1 rings (SSSR count). The van der Waals surface area contributed by atoms with Crippen LogP contribution in [0.25, 0.3) is 0 Å². The van der Waals surface area contributed by atoms with Crippen LogP contribution in [0.5, 0.6) is 0 Å². The first-order chi connectivity index (χ1) is 11.4. The van der Waals surface area contributed by atoms with Gasteiger partial charge >= 0.3 is 0 Å². The molecule has 1 radical (unpaired) electrons. The van der Waals surface area contributed by atoms with Crippen LogP contribution in [-0.2, 0) is 4.79 Å². The van der Waals surface area contributed by atoms with Gasteiger partial charge in [-0.1, -0.05) is 90.4 Å². The second kappa shape index (κ2) is 15.2. The number of hydrogen-bond acceptors (Lipinski definition) is 2. The fraction of sp³-hybridized carbons (Fsp3) is 0.952. The summed E-state index contributed by atoms with van der Waals surface area (Å²) in [5, 5.41) is 0. The molecule has 1 aliphatic rings. The van der Waals surface area contributed by atoms with Crippen LogP contribution in [0, 0.1) is 0 Å². The van der Waals surface area contributed by atoms with Crippen molar-refractivity contribution in [3.05, 3.63) is 0 Å². The summed E-state index contributed by atoms with van der Waals surface area (Å²) in [6.07, 6.45) is 24.1. The molecule has 2 nitrogen and oxygen atoms in total. The van der Waals surface area contributed by atoms with Crippen molar-refractivity contribution in [1.82, 2.24) is 4.90 Å². The molecule has 0 unspecified atom stereocenters. The molecule has 0 aromatic rings. The van der Waals surface area contributed by atoms with Crippen molar-refractivity contribution >= 4 is 6.29 Å². The van der Waals surface area contributed by atoms with Gasteiger partial charge in [-0.2, -0.15) is 0 Å². The van der Waals surface area contributed by atoms with Gasteiger partial charge in [-0.05, 0) is 32.4 Å². The molecule has 0 aromatic heterocycles. The third-order valence-electron chi connectivity index (χ3n) is 5.30. The number of nitrogens with zero attached hydrogens (tertiary/aromatic N) is 1. The average Bonchev–Trinajstić information content (AvgIpc) is 3.02. The van der Waals surface area contributed by atoms with Gasteiger partial charge in [0.15, 0.2) is 0 Å². The lowest BCUT2D eigenvalue weighted by atomic mass is 10.0. The van der Waals surface area contributed by atoms with E-state index in [1.165, 1.54) is 96.3 Å². The van der Waals surface area contributed by atoms with Crippen LogP contribution in [0.3, 0.4) is 0 Å². The lowest BCUT2D eigenvalue weighted by Gasteiger charge is -2.18. The average molecular weight is 323 g/mol. The summed E-state index contributed by atoms with van der Waals surface area (Å²) in [6.45, 7) is 4.50. The second-order valence-corrected chi connectivity index (χ2v) is 7.41. The highest BCUT2D eigenvalue weighted by atomic mass is 16.1. The molecule has 135 valence electrons. The van der Waals surface area contributed by atoms with Crippen LogP contribution in [-0.4, -0.2) is 30.3 Å². The summed E-state index contributed by atoms with van der Waals surface area (Å²) in [7, 11) is 0. The Kier molecular flexibility index (Phi) is 13.6. The van der Waals surface area contributed by atoms with E-state index < -0.39 is 0 Å². The van der Waals surface area contributed by atoms with Crippen molar-refractivity contribution in [1.29, 1.82) is 0 Å². The molecule has 1 saturated heterocycles. The van der Waals surface area contributed by atoms with Crippen LogP contribution < -0.4 is 0 Å². The molecule has 1 aliphatic heterocycles. The predicted molar refractivity (Wildman–Crippen MR) is 101 cm³/mol. The van der Waals surface area contributed by atoms with Crippen LogP contribution in [0.4, 0.5) is 0 Å². The van der Waals surface area contributed by atoms with Crippen LogP contribution in [0.15, 0.2) is 0 Å². The minimum atomic E-state index is 0.108. The zero-order chi connectivity index (χ0) is 16.6. The van der Waals surface area contributed by atoms with Gasteiger partial charge in [-0.3, -0.25) is 9.69 Å². The maximum atomic E-state index is 10.8. The SMILES string of the molecule is CCCCCCCCCCCCCCCCN1CCC[C@H]1[C]=O. The van der Waals surface area contributed by atoms with Gasteiger partial charge in [0.25, 0.3) is 0 Å². The Morgan fingerprint density at radius 3 is 1.74 bits per heavy atom. The molecule has 23 heavy (non-hydrogen) atoms. The molecular weight excluding hydrogens is 282 g/mol. The van der Waals surface area contributed by atoms with Gasteiger partial charge in [-0.25, -0.2) is 0 Å². The van der Waals surface area contributed by atoms with Crippen LogP contribution >= 0.6 is 0 Å². The first-order valence-electron chi connectivity index (χ1n) is 10.5. The Balaban J connectivity index is 1.74. The lowest BCUT2D eigenvalue weighted by Crippen LogP contribution is -2.31. The molecule has 0 bridgehead atoms. The zero-order valence-electron chi connectivity index (χ0n) is 15.7. The summed E-state index contributed by atoms with van der Waals surface area (Å²) in [6, 6.07) is 0.108. The Labute approximate surface area is 145 Å². The third-order valence-corrected chi connectivity index (χ3v) is 5.30. The second-order valence-electron chi connectivity index (χ2n) is 7.41. The van der Waals surface area contributed by atoms with Crippen molar-refractivity contribution in [3.8, 4) is 0 Å². The maximum Gasteiger partial charge on any atom is 0.217 e. The summed E-state index contributed by atoms with van der Waals surface area (Å²) in [5.74, 6) is 0. The zero-order valence-corrected chi connectivity index (χ0v) is 15.7. The van der Waals surface area contributed by atoms with Crippen molar-refractivity contribution in [3.63, 3.8) is 0 Å². The summed E-state index contributed by atoms with van der Waals surface area (Å²) < 4.78 is 0. The van der Waals surface area contributed by atoms with Crippen LogP contribution in [0.2, 0.25) is 0 Å². The Morgan fingerprint density at radius 2 is 1.26 bits per heavy atom. The van der Waals surface area contributed by atoms with Gasteiger partial charge in [0.2, 0.25) is 6.29 Å². The summed E-state index contributed by atoms with van der Waals surface area (Å²) >= 11 is 0. The van der Waals surface area contributed by atoms with Gasteiger partial charge in [0.05, 0.1) is 6.04 Å².